The topological polar surface area (TPSA) is 83.7 Å². The summed E-state index contributed by atoms with van der Waals surface area (Å²) in [6.07, 6.45) is 0. The van der Waals surface area contributed by atoms with Gasteiger partial charge < -0.3 is 19.5 Å². The first kappa shape index (κ1) is 16.7. The van der Waals surface area contributed by atoms with Crippen LogP contribution in [0.15, 0.2) is 4.52 Å². The Kier molecular flexibility index (Phi) is 5.87. The van der Waals surface area contributed by atoms with Crippen LogP contribution in [-0.4, -0.2) is 84.6 Å². The van der Waals surface area contributed by atoms with Crippen LogP contribution in [0.3, 0.4) is 0 Å². The normalized spacial score (nSPS) is 23.2. The molecular formula is C14H23N5O3S. The third kappa shape index (κ3) is 4.43. The van der Waals surface area contributed by atoms with Crippen molar-refractivity contribution in [2.24, 2.45) is 0 Å². The molecule has 0 saturated carbocycles. The summed E-state index contributed by atoms with van der Waals surface area (Å²) < 4.78 is 10.6. The highest BCUT2D eigenvalue weighted by molar-refractivity contribution is 7.99. The summed E-state index contributed by atoms with van der Waals surface area (Å²) >= 11 is 1.51. The molecule has 1 unspecified atom stereocenters. The van der Waals surface area contributed by atoms with Crippen molar-refractivity contribution >= 4 is 17.7 Å². The Balaban J connectivity index is 1.44. The fourth-order valence-corrected chi connectivity index (χ4v) is 3.44. The van der Waals surface area contributed by atoms with Gasteiger partial charge in [0.25, 0.3) is 0 Å². The highest BCUT2D eigenvalue weighted by atomic mass is 32.2. The monoisotopic (exact) mass is 341 g/mol. The van der Waals surface area contributed by atoms with Gasteiger partial charge in [0, 0.05) is 32.7 Å². The molecule has 2 aliphatic heterocycles. The molecular weight excluding hydrogens is 318 g/mol. The van der Waals surface area contributed by atoms with Crippen molar-refractivity contribution in [3.8, 4) is 0 Å². The third-order valence-electron chi connectivity index (χ3n) is 4.11. The third-order valence-corrected chi connectivity index (χ3v) is 5.01. The van der Waals surface area contributed by atoms with E-state index < -0.39 is 0 Å². The maximum atomic E-state index is 12.1. The van der Waals surface area contributed by atoms with Crippen molar-refractivity contribution in [3.63, 3.8) is 0 Å². The number of ether oxygens (including phenoxy) is 1. The minimum Gasteiger partial charge on any atom is -0.378 e. The number of likely N-dealkylation sites (N-methyl/N-ethyl adjacent to an activating group) is 1. The Morgan fingerprint density at radius 2 is 2.22 bits per heavy atom. The van der Waals surface area contributed by atoms with Gasteiger partial charge in [-0.25, -0.2) is 0 Å². The predicted octanol–water partition coefficient (Wildman–Crippen LogP) is -0.262. The minimum atomic E-state index is 0.147. The van der Waals surface area contributed by atoms with E-state index >= 15 is 0 Å². The van der Waals surface area contributed by atoms with Crippen molar-refractivity contribution < 1.29 is 14.1 Å². The van der Waals surface area contributed by atoms with Crippen molar-refractivity contribution in [2.75, 3.05) is 58.7 Å². The number of amides is 1. The van der Waals surface area contributed by atoms with E-state index in [0.717, 1.165) is 25.5 Å². The molecule has 3 heterocycles. The Morgan fingerprint density at radius 1 is 1.39 bits per heavy atom. The predicted molar refractivity (Wildman–Crippen MR) is 86.1 cm³/mol. The quantitative estimate of drug-likeness (QED) is 0.784. The molecule has 0 bridgehead atoms. The van der Waals surface area contributed by atoms with Gasteiger partial charge in [0.1, 0.15) is 0 Å². The molecule has 0 radical (unpaired) electrons. The lowest BCUT2D eigenvalue weighted by atomic mass is 10.2. The first-order valence-electron chi connectivity index (χ1n) is 7.91. The van der Waals surface area contributed by atoms with E-state index in [2.05, 4.69) is 27.4 Å². The van der Waals surface area contributed by atoms with Gasteiger partial charge in [-0.3, -0.25) is 9.69 Å². The molecule has 128 valence electrons. The molecule has 23 heavy (non-hydrogen) atoms. The van der Waals surface area contributed by atoms with Gasteiger partial charge in [0.15, 0.2) is 5.82 Å². The molecule has 1 N–H and O–H groups in total. The van der Waals surface area contributed by atoms with Gasteiger partial charge in [-0.1, -0.05) is 5.16 Å². The summed E-state index contributed by atoms with van der Waals surface area (Å²) in [6, 6.07) is 0.154. The zero-order chi connectivity index (χ0) is 16.1. The zero-order valence-corrected chi connectivity index (χ0v) is 14.2. The first-order chi connectivity index (χ1) is 11.2. The highest BCUT2D eigenvalue weighted by Crippen LogP contribution is 2.19. The second-order valence-corrected chi connectivity index (χ2v) is 6.72. The molecule has 1 aromatic rings. The number of carbonyl (C=O) groups excluding carboxylic acids is 1. The van der Waals surface area contributed by atoms with E-state index in [1.54, 1.807) is 0 Å². The van der Waals surface area contributed by atoms with Crippen LogP contribution in [0.25, 0.3) is 0 Å². The summed E-state index contributed by atoms with van der Waals surface area (Å²) in [5.41, 5.74) is 0. The average molecular weight is 341 g/mol. The van der Waals surface area contributed by atoms with E-state index in [0.29, 0.717) is 43.7 Å². The van der Waals surface area contributed by atoms with E-state index in [4.69, 9.17) is 9.26 Å². The fraction of sp³-hybridized carbons (Fsp3) is 0.786. The molecule has 0 aliphatic carbocycles. The summed E-state index contributed by atoms with van der Waals surface area (Å²) in [7, 11) is 2.07. The summed E-state index contributed by atoms with van der Waals surface area (Å²) in [4.78, 5) is 20.6. The molecule has 9 heteroatoms. The van der Waals surface area contributed by atoms with Crippen molar-refractivity contribution in [3.05, 3.63) is 11.7 Å². The second-order valence-electron chi connectivity index (χ2n) is 5.73. The highest BCUT2D eigenvalue weighted by Gasteiger charge is 2.25. The molecule has 0 aromatic carbocycles. The number of piperazine rings is 1. The number of aromatic nitrogens is 2. The maximum absolute atomic E-state index is 12.1. The summed E-state index contributed by atoms with van der Waals surface area (Å²) in [5, 5.41) is 7.42. The van der Waals surface area contributed by atoms with Gasteiger partial charge in [-0.15, -0.1) is 11.8 Å². The molecule has 2 fully saturated rings. The molecule has 3 rings (SSSR count). The molecule has 1 aromatic heterocycles. The molecule has 1 atom stereocenters. The number of carbonyl (C=O) groups is 1. The zero-order valence-electron chi connectivity index (χ0n) is 13.4. The molecule has 8 nitrogen and oxygen atoms in total. The lowest BCUT2D eigenvalue weighted by molar-refractivity contribution is -0.132. The molecule has 2 saturated heterocycles. The number of nitrogens with zero attached hydrogens (tertiary/aromatic N) is 4. The lowest BCUT2D eigenvalue weighted by Crippen LogP contribution is -2.44. The van der Waals surface area contributed by atoms with Crippen molar-refractivity contribution in [1.29, 1.82) is 0 Å². The number of rotatable bonds is 5. The Morgan fingerprint density at radius 3 is 3.00 bits per heavy atom. The smallest absolute Gasteiger partial charge is 0.236 e. The van der Waals surface area contributed by atoms with E-state index in [-0.39, 0.29) is 11.9 Å². The van der Waals surface area contributed by atoms with Gasteiger partial charge >= 0.3 is 0 Å². The number of thioether (sulfide) groups is 1. The first-order valence-corrected chi connectivity index (χ1v) is 9.06. The van der Waals surface area contributed by atoms with Crippen LogP contribution in [0.4, 0.5) is 0 Å². The van der Waals surface area contributed by atoms with E-state index in [9.17, 15) is 4.79 Å². The molecule has 2 aliphatic rings. The Labute approximate surface area is 139 Å². The van der Waals surface area contributed by atoms with Crippen LogP contribution in [0.1, 0.15) is 17.8 Å². The van der Waals surface area contributed by atoms with Gasteiger partial charge in [-0.05, 0) is 7.05 Å². The summed E-state index contributed by atoms with van der Waals surface area (Å²) in [5.74, 6) is 2.44. The number of nitrogens with one attached hydrogen (secondary N) is 1. The SMILES string of the molecule is CN1CCNCC1c1noc(CSCC(=O)N2CCOCC2)n1. The van der Waals surface area contributed by atoms with Crippen LogP contribution >= 0.6 is 11.8 Å². The van der Waals surface area contributed by atoms with Gasteiger partial charge in [0.05, 0.1) is 30.8 Å². The van der Waals surface area contributed by atoms with Gasteiger partial charge in [-0.2, -0.15) is 4.98 Å². The van der Waals surface area contributed by atoms with Crippen LogP contribution in [0.5, 0.6) is 0 Å². The van der Waals surface area contributed by atoms with Crippen LogP contribution < -0.4 is 5.32 Å². The van der Waals surface area contributed by atoms with Crippen LogP contribution in [0.2, 0.25) is 0 Å². The average Bonchev–Trinajstić information content (AvgIpc) is 3.04. The molecule has 1 amide bonds. The van der Waals surface area contributed by atoms with E-state index in [1.807, 2.05) is 4.90 Å². The van der Waals surface area contributed by atoms with Crippen molar-refractivity contribution in [1.82, 2.24) is 25.3 Å². The Bertz CT molecular complexity index is 520. The van der Waals surface area contributed by atoms with Crippen LogP contribution in [-0.2, 0) is 15.3 Å². The molecule has 0 spiro atoms. The van der Waals surface area contributed by atoms with Crippen molar-refractivity contribution in [2.45, 2.75) is 11.8 Å². The maximum Gasteiger partial charge on any atom is 0.236 e. The number of hydrogen-bond acceptors (Lipinski definition) is 8. The fourth-order valence-electron chi connectivity index (χ4n) is 2.69. The Hall–Kier alpha value is -1.16. The number of hydrogen-bond donors (Lipinski definition) is 1. The minimum absolute atomic E-state index is 0.147. The number of morpholine rings is 1. The van der Waals surface area contributed by atoms with Gasteiger partial charge in [0.2, 0.25) is 11.8 Å². The van der Waals surface area contributed by atoms with Crippen LogP contribution in [0, 0.1) is 0 Å². The van der Waals surface area contributed by atoms with E-state index in [1.165, 1.54) is 11.8 Å². The largest absolute Gasteiger partial charge is 0.378 e. The summed E-state index contributed by atoms with van der Waals surface area (Å²) in [6.45, 7) is 5.42. The lowest BCUT2D eigenvalue weighted by Gasteiger charge is -2.30. The standard InChI is InChI=1S/C14H23N5O3S/c1-18-3-2-15-8-11(18)14-16-12(22-17-14)9-23-10-13(20)19-4-6-21-7-5-19/h11,15H,2-10H2,1H3. The second kappa shape index (κ2) is 8.09.